The van der Waals surface area contributed by atoms with E-state index in [1.165, 1.54) is 17.2 Å². The van der Waals surface area contributed by atoms with Gasteiger partial charge in [-0.2, -0.15) is 10.2 Å². The molecule has 1 aliphatic carbocycles. The molecule has 270 valence electrons. The van der Waals surface area contributed by atoms with Gasteiger partial charge in [0.05, 0.1) is 50.8 Å². The number of carbonyl (C=O) groups excluding carboxylic acids is 1. The van der Waals surface area contributed by atoms with Gasteiger partial charge in [-0.25, -0.2) is 24.1 Å². The summed E-state index contributed by atoms with van der Waals surface area (Å²) in [6, 6.07) is 3.32. The quantitative estimate of drug-likeness (QED) is 0.191. The van der Waals surface area contributed by atoms with Gasteiger partial charge in [-0.3, -0.25) is 47.1 Å². The normalized spacial score (nSPS) is 33.2. The van der Waals surface area contributed by atoms with Crippen molar-refractivity contribution in [3.63, 3.8) is 0 Å². The Kier molecular flexibility index (Phi) is 10.8. The summed E-state index contributed by atoms with van der Waals surface area (Å²) in [6.07, 6.45) is 0.553. The highest BCUT2D eigenvalue weighted by Gasteiger charge is 2.50. The van der Waals surface area contributed by atoms with Crippen LogP contribution in [0, 0.1) is 29.1 Å². The lowest BCUT2D eigenvalue weighted by atomic mass is 10.0. The van der Waals surface area contributed by atoms with E-state index in [9.17, 15) is 23.6 Å². The predicted molar refractivity (Wildman–Crippen MR) is 172 cm³/mol. The predicted octanol–water partition coefficient (Wildman–Crippen LogP) is 2.88. The molecule has 3 aromatic heterocycles. The van der Waals surface area contributed by atoms with E-state index < -0.39 is 69.4 Å². The molecule has 20 nitrogen and oxygen atoms in total. The van der Waals surface area contributed by atoms with Crippen molar-refractivity contribution < 1.29 is 46.2 Å². The molecule has 6 rings (SSSR count). The first-order valence-corrected chi connectivity index (χ1v) is 18.9. The summed E-state index contributed by atoms with van der Waals surface area (Å²) >= 11 is 0. The molecule has 22 heteroatoms. The van der Waals surface area contributed by atoms with Gasteiger partial charge in [0.2, 0.25) is 11.9 Å². The number of fused-ring (bicyclic) bond motifs is 4. The Morgan fingerprint density at radius 2 is 2.04 bits per heavy atom. The number of ether oxygens (including phenoxy) is 1. The van der Waals surface area contributed by atoms with Crippen molar-refractivity contribution in [1.82, 2.24) is 29.5 Å². The molecule has 2 aliphatic heterocycles. The van der Waals surface area contributed by atoms with Crippen LogP contribution in [0.5, 0.6) is 0 Å². The number of hydrogen-bond donors (Lipinski definition) is 4. The molecule has 1 amide bonds. The topological polar surface area (TPSA) is 264 Å². The van der Waals surface area contributed by atoms with E-state index in [1.54, 1.807) is 33.0 Å². The molecule has 2 bridgehead atoms. The number of H-pyrrole nitrogens is 1. The molecule has 2 saturated heterocycles. The minimum absolute atomic E-state index is 0.0140. The van der Waals surface area contributed by atoms with Gasteiger partial charge in [-0.15, -0.1) is 0 Å². The SMILES string of the molecule is CC(C)C(=O)Nc1nc2c(ncn2[C@@H]2O[C@@H]3COP(=O)(OCCC#N)O[C@H]4C[C@H](Nc5ccncn5)C[C@@H]4COP(=O)(O)O[C@@H]2[C@@H]3C)c(=O)[nH]1. The first-order chi connectivity index (χ1) is 23.8. The molecular formula is C28H37N9O11P2. The van der Waals surface area contributed by atoms with Crippen LogP contribution >= 0.6 is 15.6 Å². The van der Waals surface area contributed by atoms with Crippen LogP contribution in [0.2, 0.25) is 0 Å². The summed E-state index contributed by atoms with van der Waals surface area (Å²) in [5.41, 5.74) is -0.762. The van der Waals surface area contributed by atoms with Gasteiger partial charge < -0.3 is 14.9 Å². The summed E-state index contributed by atoms with van der Waals surface area (Å²) in [5, 5.41) is 14.9. The molecule has 1 saturated carbocycles. The number of aromatic nitrogens is 6. The Morgan fingerprint density at radius 3 is 2.78 bits per heavy atom. The maximum absolute atomic E-state index is 14.1. The number of phosphoric ester groups is 2. The molecule has 5 heterocycles. The van der Waals surface area contributed by atoms with Crippen LogP contribution in [0.15, 0.2) is 29.7 Å². The van der Waals surface area contributed by atoms with Gasteiger partial charge >= 0.3 is 15.6 Å². The van der Waals surface area contributed by atoms with Gasteiger partial charge in [0, 0.05) is 30.0 Å². The molecule has 0 radical (unpaired) electrons. The second-order valence-electron chi connectivity index (χ2n) is 12.4. The molecule has 3 aliphatic rings. The van der Waals surface area contributed by atoms with Crippen molar-refractivity contribution in [1.29, 1.82) is 5.26 Å². The number of rotatable bonds is 8. The Labute approximate surface area is 285 Å². The second kappa shape index (κ2) is 14.9. The van der Waals surface area contributed by atoms with Gasteiger partial charge in [-0.05, 0) is 18.9 Å². The lowest BCUT2D eigenvalue weighted by Gasteiger charge is -2.27. The molecule has 0 aromatic carbocycles. The molecule has 50 heavy (non-hydrogen) atoms. The number of anilines is 2. The van der Waals surface area contributed by atoms with Crippen molar-refractivity contribution in [2.75, 3.05) is 30.5 Å². The van der Waals surface area contributed by atoms with Gasteiger partial charge in [-0.1, -0.05) is 20.8 Å². The summed E-state index contributed by atoms with van der Waals surface area (Å²) in [7, 11) is -9.17. The average molecular weight is 738 g/mol. The molecule has 4 N–H and O–H groups in total. The van der Waals surface area contributed by atoms with E-state index in [0.29, 0.717) is 12.2 Å². The van der Waals surface area contributed by atoms with E-state index in [0.717, 1.165) is 0 Å². The van der Waals surface area contributed by atoms with Crippen molar-refractivity contribution >= 4 is 44.5 Å². The van der Waals surface area contributed by atoms with E-state index in [-0.39, 0.29) is 55.8 Å². The molecular weight excluding hydrogens is 700 g/mol. The van der Waals surface area contributed by atoms with Crippen LogP contribution in [0.1, 0.15) is 46.3 Å². The highest BCUT2D eigenvalue weighted by Crippen LogP contribution is 2.57. The lowest BCUT2D eigenvalue weighted by Crippen LogP contribution is -2.29. The number of nitrogens with one attached hydrogen (secondary N) is 3. The number of aromatic amines is 1. The molecule has 2 unspecified atom stereocenters. The average Bonchev–Trinajstić information content (AvgIpc) is 3.74. The minimum atomic E-state index is -4.81. The fraction of sp³-hybridized carbons (Fsp3) is 0.607. The Hall–Kier alpha value is -3.63. The number of phosphoric acid groups is 2. The van der Waals surface area contributed by atoms with E-state index in [2.05, 4.69) is 35.6 Å². The highest BCUT2D eigenvalue weighted by atomic mass is 31.2. The number of imidazole rings is 1. The van der Waals surface area contributed by atoms with Crippen LogP contribution in [0.25, 0.3) is 11.2 Å². The van der Waals surface area contributed by atoms with Crippen molar-refractivity contribution in [2.45, 2.75) is 70.6 Å². The smallest absolute Gasteiger partial charge is 0.367 e. The standard InChI is InChI=1S/C28H37N9O11P2/c1-15(2)25(38)35-28-34-24-22(26(39)36-28)32-14-37(24)27-23-16(3)20(46-27)12-45-50(42,43-8-4-6-29)47-19-10-18(33-21-5-7-30-13-31-21)9-17(19)11-44-49(40,41)48-23/h5,7,13-20,23,27H,4,8-12H2,1-3H3,(H,40,41)(H,30,31,33)(H2,34,35,36,38,39)/t16-,17-,18-,19+,20-,23-,27-,50?/m1/s1. The lowest BCUT2D eigenvalue weighted by molar-refractivity contribution is -0.118. The third-order valence-corrected chi connectivity index (χ3v) is 11.0. The third-order valence-electron chi connectivity index (χ3n) is 8.57. The van der Waals surface area contributed by atoms with Crippen LogP contribution in [-0.2, 0) is 41.3 Å². The van der Waals surface area contributed by atoms with Crippen molar-refractivity contribution in [3.8, 4) is 6.07 Å². The van der Waals surface area contributed by atoms with Gasteiger partial charge in [0.1, 0.15) is 18.2 Å². The van der Waals surface area contributed by atoms with Crippen LogP contribution in [0.4, 0.5) is 11.8 Å². The van der Waals surface area contributed by atoms with Gasteiger partial charge in [0.25, 0.3) is 5.56 Å². The Morgan fingerprint density at radius 1 is 1.22 bits per heavy atom. The van der Waals surface area contributed by atoms with Crippen molar-refractivity contribution in [2.24, 2.45) is 17.8 Å². The van der Waals surface area contributed by atoms with Crippen LogP contribution in [-0.4, -0.2) is 84.5 Å². The summed E-state index contributed by atoms with van der Waals surface area (Å²) in [5.74, 6) is -1.70. The van der Waals surface area contributed by atoms with E-state index in [4.69, 9.17) is 32.6 Å². The zero-order valence-electron chi connectivity index (χ0n) is 27.3. The maximum atomic E-state index is 14.1. The number of hydrogen-bond acceptors (Lipinski definition) is 16. The Balaban J connectivity index is 1.31. The second-order valence-corrected chi connectivity index (χ2v) is 15.5. The molecule has 9 atom stereocenters. The highest BCUT2D eigenvalue weighted by molar-refractivity contribution is 7.48. The number of amides is 1. The third kappa shape index (κ3) is 8.12. The largest absolute Gasteiger partial charge is 0.475 e. The Bertz CT molecular complexity index is 1890. The van der Waals surface area contributed by atoms with Crippen molar-refractivity contribution in [3.05, 3.63) is 35.3 Å². The van der Waals surface area contributed by atoms with Crippen LogP contribution < -0.4 is 16.2 Å². The zero-order chi connectivity index (χ0) is 35.6. The number of nitriles is 1. The minimum Gasteiger partial charge on any atom is -0.367 e. The first kappa shape index (κ1) is 36.2. The molecule has 3 fully saturated rings. The van der Waals surface area contributed by atoms with Crippen LogP contribution in [0.3, 0.4) is 0 Å². The number of nitrogens with zero attached hydrogens (tertiary/aromatic N) is 6. The summed E-state index contributed by atoms with van der Waals surface area (Å²) < 4.78 is 63.9. The molecule has 3 aromatic rings. The molecule has 0 spiro atoms. The van der Waals surface area contributed by atoms with Gasteiger partial charge in [0.15, 0.2) is 17.4 Å². The maximum Gasteiger partial charge on any atom is 0.475 e. The van der Waals surface area contributed by atoms with E-state index >= 15 is 0 Å². The monoisotopic (exact) mass is 737 g/mol. The fourth-order valence-corrected chi connectivity index (χ4v) is 8.42. The summed E-state index contributed by atoms with van der Waals surface area (Å²) in [6.45, 7) is 4.04. The summed E-state index contributed by atoms with van der Waals surface area (Å²) in [4.78, 5) is 55.3. The van der Waals surface area contributed by atoms with E-state index in [1.807, 2.05) is 6.07 Å². The first-order valence-electron chi connectivity index (χ1n) is 15.9. The zero-order valence-corrected chi connectivity index (χ0v) is 29.1. The fourth-order valence-electron chi connectivity index (χ4n) is 5.95. The number of carbonyl (C=O) groups is 1.